The molecule has 0 aliphatic carbocycles. The van der Waals surface area contributed by atoms with Gasteiger partial charge in [-0.3, -0.25) is 4.57 Å². The Morgan fingerprint density at radius 3 is 2.28 bits per heavy atom. The van der Waals surface area contributed by atoms with Crippen molar-refractivity contribution < 1.29 is 0 Å². The van der Waals surface area contributed by atoms with Crippen molar-refractivity contribution in [1.29, 1.82) is 0 Å². The van der Waals surface area contributed by atoms with Crippen LogP contribution in [0.2, 0.25) is 0 Å². The van der Waals surface area contributed by atoms with Crippen molar-refractivity contribution >= 4 is 28.5 Å². The molecule has 1 aliphatic rings. The van der Waals surface area contributed by atoms with Gasteiger partial charge in [-0.1, -0.05) is 0 Å². The summed E-state index contributed by atoms with van der Waals surface area (Å²) < 4.78 is 2.26. The first kappa shape index (κ1) is 16.5. The maximum Gasteiger partial charge on any atom is 0.111 e. The zero-order valence-corrected chi connectivity index (χ0v) is 15.9. The fraction of sp³-hybridized carbons (Fsp3) is 0.350. The molecule has 2 heterocycles. The van der Waals surface area contributed by atoms with E-state index in [4.69, 9.17) is 4.98 Å². The third-order valence-corrected chi connectivity index (χ3v) is 5.75. The number of imidazole rings is 1. The van der Waals surface area contributed by atoms with Gasteiger partial charge in [0.05, 0.1) is 11.0 Å². The highest BCUT2D eigenvalue weighted by atomic mass is 32.2. The van der Waals surface area contributed by atoms with Gasteiger partial charge < -0.3 is 9.80 Å². The zero-order chi connectivity index (χ0) is 17.4. The summed E-state index contributed by atoms with van der Waals surface area (Å²) in [4.78, 5) is 10.9. The van der Waals surface area contributed by atoms with Gasteiger partial charge in [0.25, 0.3) is 0 Å². The van der Waals surface area contributed by atoms with E-state index < -0.39 is 0 Å². The Bertz CT molecular complexity index is 877. The predicted octanol–water partition coefficient (Wildman–Crippen LogP) is 3.81. The van der Waals surface area contributed by atoms with Gasteiger partial charge in [-0.05, 0) is 62.7 Å². The second-order valence-electron chi connectivity index (χ2n) is 6.66. The average Bonchev–Trinajstić information content (AvgIpc) is 2.97. The lowest BCUT2D eigenvalue weighted by atomic mass is 10.2. The SMILES string of the molecule is CSc1ccc(-n2c(C)nc3ccc(N4CCN(C)CC4)cc32)cc1. The molecule has 0 spiro atoms. The summed E-state index contributed by atoms with van der Waals surface area (Å²) in [6.07, 6.45) is 2.11. The molecule has 5 heteroatoms. The molecule has 0 radical (unpaired) electrons. The minimum atomic E-state index is 1.03. The second-order valence-corrected chi connectivity index (χ2v) is 7.54. The van der Waals surface area contributed by atoms with Crippen LogP contribution in [0.1, 0.15) is 5.82 Å². The normalized spacial score (nSPS) is 15.9. The van der Waals surface area contributed by atoms with Crippen LogP contribution in [0.25, 0.3) is 16.7 Å². The largest absolute Gasteiger partial charge is 0.369 e. The van der Waals surface area contributed by atoms with Gasteiger partial charge in [0.15, 0.2) is 0 Å². The van der Waals surface area contributed by atoms with Crippen LogP contribution < -0.4 is 4.90 Å². The summed E-state index contributed by atoms with van der Waals surface area (Å²) in [5.74, 6) is 1.03. The number of thioether (sulfide) groups is 1. The van der Waals surface area contributed by atoms with Gasteiger partial charge in [0.1, 0.15) is 5.82 Å². The lowest BCUT2D eigenvalue weighted by Gasteiger charge is -2.34. The maximum absolute atomic E-state index is 4.76. The van der Waals surface area contributed by atoms with E-state index in [0.29, 0.717) is 0 Å². The third kappa shape index (κ3) is 3.14. The summed E-state index contributed by atoms with van der Waals surface area (Å²) in [5, 5.41) is 0. The Balaban J connectivity index is 1.75. The fourth-order valence-electron chi connectivity index (χ4n) is 3.50. The molecule has 4 nitrogen and oxygen atoms in total. The first-order valence-corrected chi connectivity index (χ1v) is 9.95. The number of hydrogen-bond acceptors (Lipinski definition) is 4. The summed E-state index contributed by atoms with van der Waals surface area (Å²) in [6.45, 7) is 6.48. The molecule has 0 unspecified atom stereocenters. The van der Waals surface area contributed by atoms with Crippen molar-refractivity contribution in [3.8, 4) is 5.69 Å². The number of anilines is 1. The number of hydrogen-bond donors (Lipinski definition) is 0. The molecule has 0 saturated carbocycles. The van der Waals surface area contributed by atoms with Crippen molar-refractivity contribution in [3.05, 3.63) is 48.3 Å². The number of aromatic nitrogens is 2. The molecule has 0 N–H and O–H groups in total. The van der Waals surface area contributed by atoms with Crippen LogP contribution in [-0.2, 0) is 0 Å². The number of rotatable bonds is 3. The molecule has 1 saturated heterocycles. The van der Waals surface area contributed by atoms with E-state index in [1.54, 1.807) is 11.8 Å². The van der Waals surface area contributed by atoms with Crippen molar-refractivity contribution in [1.82, 2.24) is 14.5 Å². The molecule has 130 valence electrons. The third-order valence-electron chi connectivity index (χ3n) is 5.00. The number of piperazine rings is 1. The molecule has 0 amide bonds. The van der Waals surface area contributed by atoms with E-state index in [0.717, 1.165) is 37.5 Å². The van der Waals surface area contributed by atoms with Gasteiger partial charge >= 0.3 is 0 Å². The van der Waals surface area contributed by atoms with Gasteiger partial charge in [-0.2, -0.15) is 0 Å². The quantitative estimate of drug-likeness (QED) is 0.669. The van der Waals surface area contributed by atoms with Gasteiger partial charge in [0.2, 0.25) is 0 Å². The maximum atomic E-state index is 4.76. The standard InChI is InChI=1S/C20H24N4S/c1-15-21-19-9-6-17(23-12-10-22(2)11-13-23)14-20(19)24(15)16-4-7-18(25-3)8-5-16/h4-9,14H,10-13H2,1-3H3. The van der Waals surface area contributed by atoms with Crippen LogP contribution in [0.15, 0.2) is 47.4 Å². The Hall–Kier alpha value is -1.98. The molecule has 1 aromatic heterocycles. The van der Waals surface area contributed by atoms with Crippen LogP contribution in [0.5, 0.6) is 0 Å². The Labute approximate surface area is 153 Å². The summed E-state index contributed by atoms with van der Waals surface area (Å²) in [5.41, 5.74) is 4.71. The van der Waals surface area contributed by atoms with Crippen LogP contribution in [0.3, 0.4) is 0 Å². The van der Waals surface area contributed by atoms with E-state index in [-0.39, 0.29) is 0 Å². The van der Waals surface area contributed by atoms with Crippen molar-refractivity contribution in [3.63, 3.8) is 0 Å². The van der Waals surface area contributed by atoms with Crippen LogP contribution in [0.4, 0.5) is 5.69 Å². The minimum Gasteiger partial charge on any atom is -0.369 e. The molecule has 1 fully saturated rings. The molecule has 2 aromatic carbocycles. The van der Waals surface area contributed by atoms with E-state index in [1.165, 1.54) is 21.8 Å². The lowest BCUT2D eigenvalue weighted by Crippen LogP contribution is -2.44. The Morgan fingerprint density at radius 2 is 1.60 bits per heavy atom. The topological polar surface area (TPSA) is 24.3 Å². The van der Waals surface area contributed by atoms with E-state index in [1.807, 2.05) is 0 Å². The summed E-state index contributed by atoms with van der Waals surface area (Å²) >= 11 is 1.77. The molecule has 0 bridgehead atoms. The first-order valence-electron chi connectivity index (χ1n) is 8.73. The number of benzene rings is 2. The highest BCUT2D eigenvalue weighted by Gasteiger charge is 2.16. The first-order chi connectivity index (χ1) is 12.2. The number of nitrogens with zero attached hydrogens (tertiary/aromatic N) is 4. The van der Waals surface area contributed by atoms with Crippen molar-refractivity contribution in [2.75, 3.05) is 44.4 Å². The number of aryl methyl sites for hydroxylation is 1. The zero-order valence-electron chi connectivity index (χ0n) is 15.1. The highest BCUT2D eigenvalue weighted by molar-refractivity contribution is 7.98. The summed E-state index contributed by atoms with van der Waals surface area (Å²) in [6, 6.07) is 15.4. The van der Waals surface area contributed by atoms with Gasteiger partial charge in [-0.25, -0.2) is 4.98 Å². The van der Waals surface area contributed by atoms with Gasteiger partial charge in [0, 0.05) is 42.4 Å². The molecular formula is C20H24N4S. The fourth-order valence-corrected chi connectivity index (χ4v) is 3.91. The Morgan fingerprint density at radius 1 is 0.920 bits per heavy atom. The molecule has 25 heavy (non-hydrogen) atoms. The van der Waals surface area contributed by atoms with E-state index >= 15 is 0 Å². The molecule has 3 aromatic rings. The van der Waals surface area contributed by atoms with Gasteiger partial charge in [-0.15, -0.1) is 11.8 Å². The Kier molecular flexibility index (Phi) is 4.44. The van der Waals surface area contributed by atoms with Crippen LogP contribution >= 0.6 is 11.8 Å². The average molecular weight is 353 g/mol. The summed E-state index contributed by atoms with van der Waals surface area (Å²) in [7, 11) is 2.19. The lowest BCUT2D eigenvalue weighted by molar-refractivity contribution is 0.313. The minimum absolute atomic E-state index is 1.03. The molecule has 1 aliphatic heterocycles. The number of fused-ring (bicyclic) bond motifs is 1. The van der Waals surface area contributed by atoms with Crippen LogP contribution in [-0.4, -0.2) is 53.9 Å². The van der Waals surface area contributed by atoms with E-state index in [9.17, 15) is 0 Å². The molecule has 0 atom stereocenters. The second kappa shape index (κ2) is 6.73. The van der Waals surface area contributed by atoms with E-state index in [2.05, 4.69) is 77.1 Å². The molecular weight excluding hydrogens is 328 g/mol. The monoisotopic (exact) mass is 352 g/mol. The smallest absolute Gasteiger partial charge is 0.111 e. The number of likely N-dealkylation sites (N-methyl/N-ethyl adjacent to an activating group) is 1. The highest BCUT2D eigenvalue weighted by Crippen LogP contribution is 2.27. The van der Waals surface area contributed by atoms with Crippen molar-refractivity contribution in [2.45, 2.75) is 11.8 Å². The predicted molar refractivity (Wildman–Crippen MR) is 107 cm³/mol. The van der Waals surface area contributed by atoms with Crippen molar-refractivity contribution in [2.24, 2.45) is 0 Å². The molecule has 4 rings (SSSR count). The van der Waals surface area contributed by atoms with Crippen LogP contribution in [0, 0.1) is 6.92 Å².